The topological polar surface area (TPSA) is 51.6 Å². The summed E-state index contributed by atoms with van der Waals surface area (Å²) in [5, 5.41) is 0. The Balaban J connectivity index is 1.42. The zero-order valence-corrected chi connectivity index (χ0v) is 38.1. The summed E-state index contributed by atoms with van der Waals surface area (Å²) in [5.74, 6) is 0. The molecule has 3 aromatic carbocycles. The summed E-state index contributed by atoms with van der Waals surface area (Å²) in [6.45, 7) is 13.9. The van der Waals surface area contributed by atoms with Gasteiger partial charge in [0, 0.05) is 37.3 Å². The Bertz CT molecular complexity index is 2300. The first-order valence-electron chi connectivity index (χ1n) is 22.7. The number of unbranched alkanes of at least 4 members (excludes halogenated alkanes) is 12. The molecule has 0 saturated heterocycles. The van der Waals surface area contributed by atoms with Crippen LogP contribution in [0.1, 0.15) is 189 Å². The first-order valence-corrected chi connectivity index (χ1v) is 25.0. The summed E-state index contributed by atoms with van der Waals surface area (Å²) in [5.41, 5.74) is 18.7. The molecule has 0 fully saturated rings. The molecule has 3 aromatic heterocycles. The summed E-state index contributed by atoms with van der Waals surface area (Å²) in [7, 11) is 0. The van der Waals surface area contributed by atoms with Crippen molar-refractivity contribution >= 4 is 56.9 Å². The van der Waals surface area contributed by atoms with Gasteiger partial charge in [-0.3, -0.25) is 0 Å². The lowest BCUT2D eigenvalue weighted by atomic mass is 9.68. The van der Waals surface area contributed by atoms with E-state index in [1.165, 1.54) is 206 Å². The van der Waals surface area contributed by atoms with E-state index in [-0.39, 0.29) is 10.8 Å². The quantitative estimate of drug-likeness (QED) is 0.0679. The van der Waals surface area contributed by atoms with Crippen LogP contribution in [-0.4, -0.2) is 17.5 Å². The lowest BCUT2D eigenvalue weighted by Gasteiger charge is -2.35. The molecule has 0 atom stereocenters. The first-order chi connectivity index (χ1) is 27.9. The number of thiophene rings is 1. The molecule has 0 saturated carbocycles. The van der Waals surface area contributed by atoms with Crippen LogP contribution in [0, 0.1) is 13.8 Å². The first kappa shape index (κ1) is 40.8. The highest BCUT2D eigenvalue weighted by Crippen LogP contribution is 2.63. The molecule has 57 heavy (non-hydrogen) atoms. The number of benzene rings is 3. The molecule has 0 spiro atoms. The molecule has 7 heteroatoms. The van der Waals surface area contributed by atoms with Gasteiger partial charge < -0.3 is 0 Å². The van der Waals surface area contributed by atoms with Crippen molar-refractivity contribution in [2.45, 2.75) is 181 Å². The zero-order chi connectivity index (χ0) is 39.6. The molecule has 2 aliphatic rings. The molecule has 0 N–H and O–H groups in total. The van der Waals surface area contributed by atoms with E-state index in [1.807, 2.05) is 11.3 Å². The van der Waals surface area contributed by atoms with Gasteiger partial charge in [-0.15, -0.1) is 11.3 Å². The molecular weight excluding hydrogens is 753 g/mol. The van der Waals surface area contributed by atoms with Crippen molar-refractivity contribution in [1.82, 2.24) is 17.5 Å². The van der Waals surface area contributed by atoms with Gasteiger partial charge in [0.25, 0.3) is 0 Å². The fraction of sp³-hybridized carbons (Fsp3) is 0.560. The minimum absolute atomic E-state index is 0.0364. The van der Waals surface area contributed by atoms with Crippen LogP contribution in [0.25, 0.3) is 54.8 Å². The highest BCUT2D eigenvalue weighted by Gasteiger charge is 2.49. The molecule has 302 valence electrons. The largest absolute Gasteiger partial charge is 0.173 e. The van der Waals surface area contributed by atoms with Gasteiger partial charge in [0.15, 0.2) is 0 Å². The van der Waals surface area contributed by atoms with E-state index in [1.54, 1.807) is 11.1 Å². The molecular formula is C50H64N4S3. The second-order valence-electron chi connectivity index (χ2n) is 17.6. The van der Waals surface area contributed by atoms with Crippen molar-refractivity contribution in [2.24, 2.45) is 0 Å². The Kier molecular flexibility index (Phi) is 12.7. The van der Waals surface area contributed by atoms with E-state index in [9.17, 15) is 0 Å². The van der Waals surface area contributed by atoms with Crippen LogP contribution in [0.2, 0.25) is 0 Å². The average Bonchev–Trinajstić information content (AvgIpc) is 4.06. The normalized spacial score (nSPS) is 14.8. The number of nitrogens with zero attached hydrogens (tertiary/aromatic N) is 4. The zero-order valence-electron chi connectivity index (χ0n) is 35.6. The van der Waals surface area contributed by atoms with Crippen molar-refractivity contribution in [3.05, 3.63) is 69.1 Å². The van der Waals surface area contributed by atoms with E-state index >= 15 is 0 Å². The Morgan fingerprint density at radius 3 is 1.32 bits per heavy atom. The Labute approximate surface area is 355 Å². The smallest absolute Gasteiger partial charge is 0.114 e. The summed E-state index contributed by atoms with van der Waals surface area (Å²) < 4.78 is 20.4. The minimum Gasteiger partial charge on any atom is -0.173 e. The maximum absolute atomic E-state index is 5.24. The fourth-order valence-electron chi connectivity index (χ4n) is 10.9. The maximum Gasteiger partial charge on any atom is 0.114 e. The maximum atomic E-state index is 5.24. The van der Waals surface area contributed by atoms with Crippen LogP contribution in [0.4, 0.5) is 0 Å². The van der Waals surface area contributed by atoms with Crippen molar-refractivity contribution in [3.63, 3.8) is 0 Å². The van der Waals surface area contributed by atoms with Gasteiger partial charge in [-0.05, 0) is 109 Å². The molecule has 0 bridgehead atoms. The number of hydrogen-bond acceptors (Lipinski definition) is 7. The van der Waals surface area contributed by atoms with Crippen LogP contribution in [-0.2, 0) is 10.8 Å². The predicted octanol–water partition coefficient (Wildman–Crippen LogP) is 16.5. The van der Waals surface area contributed by atoms with Gasteiger partial charge >= 0.3 is 0 Å². The highest BCUT2D eigenvalue weighted by molar-refractivity contribution is 7.15. The summed E-state index contributed by atoms with van der Waals surface area (Å²) in [4.78, 5) is 2.66. The van der Waals surface area contributed by atoms with Gasteiger partial charge in [-0.2, -0.15) is 17.5 Å². The fourth-order valence-corrected chi connectivity index (χ4v) is 13.0. The third kappa shape index (κ3) is 7.24. The van der Waals surface area contributed by atoms with Crippen molar-refractivity contribution in [2.75, 3.05) is 0 Å². The highest BCUT2D eigenvalue weighted by atomic mass is 32.1. The third-order valence-electron chi connectivity index (χ3n) is 13.9. The summed E-state index contributed by atoms with van der Waals surface area (Å²) in [6, 6.07) is 15.2. The Hall–Kier alpha value is -3.00. The monoisotopic (exact) mass is 816 g/mol. The number of fused-ring (bicyclic) bond motifs is 10. The van der Waals surface area contributed by atoms with Gasteiger partial charge in [0.2, 0.25) is 0 Å². The average molecular weight is 817 g/mol. The SMILES string of the molecule is CCCCCCC1(CCCCCC)c2cc3c(cc2-c2c1cc(C)c1nsnc21)C(CCCCCC)(CCCCCC)c1cc(-c2ccc(C)s2)c2nsnc2c1-3. The molecule has 0 unspecified atom stereocenters. The predicted molar refractivity (Wildman–Crippen MR) is 249 cm³/mol. The summed E-state index contributed by atoms with van der Waals surface area (Å²) >= 11 is 4.69. The molecule has 0 aliphatic heterocycles. The van der Waals surface area contributed by atoms with E-state index in [2.05, 4.69) is 77.9 Å². The lowest BCUT2D eigenvalue weighted by Crippen LogP contribution is -2.27. The molecule has 3 heterocycles. The molecule has 0 radical (unpaired) electrons. The minimum atomic E-state index is -0.0716. The second-order valence-corrected chi connectivity index (χ2v) is 20.0. The number of hydrogen-bond donors (Lipinski definition) is 0. The van der Waals surface area contributed by atoms with Crippen molar-refractivity contribution in [3.8, 4) is 32.7 Å². The van der Waals surface area contributed by atoms with Crippen LogP contribution < -0.4 is 0 Å². The van der Waals surface area contributed by atoms with E-state index in [4.69, 9.17) is 17.5 Å². The van der Waals surface area contributed by atoms with Gasteiger partial charge in [-0.1, -0.05) is 136 Å². The van der Waals surface area contributed by atoms with E-state index < -0.39 is 0 Å². The van der Waals surface area contributed by atoms with Crippen LogP contribution in [0.3, 0.4) is 0 Å². The van der Waals surface area contributed by atoms with E-state index in [0.717, 1.165) is 22.1 Å². The standard InChI is InChI=1S/C50H64N4S3/c1-7-11-15-19-25-49(26-20-16-12-8-2)38-31-36-39(30-35(38)43-40(49)29-33(5)45-47(43)53-56-51-45)50(27-21-17-13-9-3,28-22-18-14-10-4)41-32-37(42-24-23-34(6)55-42)46-48(44(36)41)54-57-52-46/h23-24,29-32H,7-22,25-28H2,1-6H3. The molecule has 6 aromatic rings. The van der Waals surface area contributed by atoms with Crippen LogP contribution in [0.15, 0.2) is 36.4 Å². The Morgan fingerprint density at radius 1 is 0.439 bits per heavy atom. The van der Waals surface area contributed by atoms with Crippen molar-refractivity contribution < 1.29 is 0 Å². The van der Waals surface area contributed by atoms with Gasteiger partial charge in [0.1, 0.15) is 22.1 Å². The van der Waals surface area contributed by atoms with Gasteiger partial charge in [-0.25, -0.2) is 0 Å². The lowest BCUT2D eigenvalue weighted by molar-refractivity contribution is 0.397. The number of rotatable bonds is 21. The number of aromatic nitrogens is 4. The molecule has 8 rings (SSSR count). The van der Waals surface area contributed by atoms with E-state index in [0.29, 0.717) is 0 Å². The molecule has 2 aliphatic carbocycles. The number of aryl methyl sites for hydroxylation is 2. The molecule has 0 amide bonds. The Morgan fingerprint density at radius 2 is 0.860 bits per heavy atom. The van der Waals surface area contributed by atoms with Crippen LogP contribution >= 0.6 is 34.8 Å². The van der Waals surface area contributed by atoms with Crippen LogP contribution in [0.5, 0.6) is 0 Å². The second kappa shape index (κ2) is 17.7. The van der Waals surface area contributed by atoms with Gasteiger partial charge in [0.05, 0.1) is 23.5 Å². The van der Waals surface area contributed by atoms with Crippen molar-refractivity contribution in [1.29, 1.82) is 0 Å². The third-order valence-corrected chi connectivity index (χ3v) is 16.0. The summed E-state index contributed by atoms with van der Waals surface area (Å²) in [6.07, 6.45) is 25.1. The molecule has 4 nitrogen and oxygen atoms in total.